The number of aromatic nitrogens is 1. The molecule has 1 heterocycles. The molecule has 0 atom stereocenters. The molecule has 0 radical (unpaired) electrons. The molecule has 2 aromatic rings. The van der Waals surface area contributed by atoms with Gasteiger partial charge < -0.3 is 9.88 Å². The highest BCUT2D eigenvalue weighted by atomic mass is 16.1. The molecule has 4 nitrogen and oxygen atoms in total. The van der Waals surface area contributed by atoms with E-state index in [1.54, 1.807) is 6.07 Å². The largest absolute Gasteiger partial charge is 0.351 e. The van der Waals surface area contributed by atoms with Gasteiger partial charge in [-0.1, -0.05) is 6.07 Å². The van der Waals surface area contributed by atoms with Gasteiger partial charge in [0.05, 0.1) is 17.2 Å². The summed E-state index contributed by atoms with van der Waals surface area (Å²) < 4.78 is 1.93. The lowest BCUT2D eigenvalue weighted by molar-refractivity contribution is 0.0598. The number of carbonyl (C=O) groups is 1. The van der Waals surface area contributed by atoms with Gasteiger partial charge in [-0.15, -0.1) is 0 Å². The molecule has 1 aromatic heterocycles. The standard InChI is InChI=1S/C20H23N3O/c1-23-12-16(18-15(11-21)3-2-4-17(18)23)19(24)22-13-20-8-5-14(6-9-20)7-10-20/h2-4,12,14H,5-10,13H2,1H3,(H,22,24). The van der Waals surface area contributed by atoms with Gasteiger partial charge in [-0.2, -0.15) is 5.26 Å². The number of carbonyl (C=O) groups excluding carboxylic acids is 1. The van der Waals surface area contributed by atoms with Gasteiger partial charge >= 0.3 is 0 Å². The third-order valence-corrected chi connectivity index (χ3v) is 6.25. The Morgan fingerprint density at radius 3 is 2.71 bits per heavy atom. The van der Waals surface area contributed by atoms with Crippen LogP contribution in [0, 0.1) is 22.7 Å². The summed E-state index contributed by atoms with van der Waals surface area (Å²) in [4.78, 5) is 12.8. The van der Waals surface area contributed by atoms with E-state index in [0.717, 1.165) is 23.4 Å². The van der Waals surface area contributed by atoms with Crippen molar-refractivity contribution in [2.45, 2.75) is 38.5 Å². The van der Waals surface area contributed by atoms with Crippen LogP contribution < -0.4 is 5.32 Å². The van der Waals surface area contributed by atoms with Crippen LogP contribution in [-0.4, -0.2) is 17.0 Å². The van der Waals surface area contributed by atoms with E-state index in [2.05, 4.69) is 11.4 Å². The number of hydrogen-bond donors (Lipinski definition) is 1. The van der Waals surface area contributed by atoms with Crippen molar-refractivity contribution in [2.24, 2.45) is 18.4 Å². The Labute approximate surface area is 142 Å². The van der Waals surface area contributed by atoms with Crippen molar-refractivity contribution in [1.29, 1.82) is 5.26 Å². The van der Waals surface area contributed by atoms with Crippen molar-refractivity contribution in [3.05, 3.63) is 35.5 Å². The van der Waals surface area contributed by atoms with E-state index in [0.29, 0.717) is 16.5 Å². The molecule has 3 aliphatic carbocycles. The first-order valence-corrected chi connectivity index (χ1v) is 8.88. The van der Waals surface area contributed by atoms with Crippen LogP contribution in [-0.2, 0) is 7.05 Å². The number of hydrogen-bond acceptors (Lipinski definition) is 2. The van der Waals surface area contributed by atoms with E-state index in [-0.39, 0.29) is 5.91 Å². The Balaban J connectivity index is 1.59. The number of benzene rings is 1. The lowest BCUT2D eigenvalue weighted by atomic mass is 9.61. The van der Waals surface area contributed by atoms with E-state index >= 15 is 0 Å². The van der Waals surface area contributed by atoms with E-state index in [1.807, 2.05) is 29.9 Å². The first-order chi connectivity index (χ1) is 11.6. The molecule has 2 bridgehead atoms. The number of amides is 1. The number of rotatable bonds is 3. The molecule has 0 aliphatic heterocycles. The predicted molar refractivity (Wildman–Crippen MR) is 93.6 cm³/mol. The second-order valence-electron chi connectivity index (χ2n) is 7.63. The number of nitriles is 1. The molecule has 3 saturated carbocycles. The summed E-state index contributed by atoms with van der Waals surface area (Å²) in [6.45, 7) is 0.768. The molecule has 5 rings (SSSR count). The summed E-state index contributed by atoms with van der Waals surface area (Å²) in [5, 5.41) is 13.3. The first-order valence-electron chi connectivity index (χ1n) is 8.88. The lowest BCUT2D eigenvalue weighted by Crippen LogP contribution is -2.43. The summed E-state index contributed by atoms with van der Waals surface area (Å²) in [5.74, 6) is 0.879. The number of nitrogens with zero attached hydrogens (tertiary/aromatic N) is 2. The smallest absolute Gasteiger partial charge is 0.253 e. The Morgan fingerprint density at radius 2 is 2.04 bits per heavy atom. The third kappa shape index (κ3) is 2.39. The summed E-state index contributed by atoms with van der Waals surface area (Å²) in [5.41, 5.74) is 2.42. The van der Waals surface area contributed by atoms with Crippen LogP contribution in [0.15, 0.2) is 24.4 Å². The second-order valence-corrected chi connectivity index (χ2v) is 7.63. The third-order valence-electron chi connectivity index (χ3n) is 6.25. The number of fused-ring (bicyclic) bond motifs is 4. The van der Waals surface area contributed by atoms with Gasteiger partial charge in [0.15, 0.2) is 0 Å². The van der Waals surface area contributed by atoms with Gasteiger partial charge in [-0.25, -0.2) is 0 Å². The highest BCUT2D eigenvalue weighted by Gasteiger charge is 2.40. The van der Waals surface area contributed by atoms with Crippen LogP contribution in [0.25, 0.3) is 10.9 Å². The number of aryl methyl sites for hydroxylation is 1. The van der Waals surface area contributed by atoms with Crippen LogP contribution >= 0.6 is 0 Å². The maximum atomic E-state index is 12.8. The monoisotopic (exact) mass is 321 g/mol. The first kappa shape index (κ1) is 15.3. The van der Waals surface area contributed by atoms with Gasteiger partial charge in [0.1, 0.15) is 0 Å². The van der Waals surface area contributed by atoms with Gasteiger partial charge in [0.2, 0.25) is 0 Å². The molecule has 1 amide bonds. The molecule has 4 heteroatoms. The normalized spacial score (nSPS) is 25.6. The number of nitrogens with one attached hydrogen (secondary N) is 1. The minimum absolute atomic E-state index is 0.0506. The molecular weight excluding hydrogens is 298 g/mol. The summed E-state index contributed by atoms with van der Waals surface area (Å²) in [6.07, 6.45) is 9.55. The molecule has 0 unspecified atom stereocenters. The van der Waals surface area contributed by atoms with Gasteiger partial charge in [-0.3, -0.25) is 4.79 Å². The lowest BCUT2D eigenvalue weighted by Gasteiger charge is -2.46. The highest BCUT2D eigenvalue weighted by Crippen LogP contribution is 2.49. The van der Waals surface area contributed by atoms with Crippen molar-refractivity contribution in [1.82, 2.24) is 9.88 Å². The average molecular weight is 321 g/mol. The molecule has 24 heavy (non-hydrogen) atoms. The minimum atomic E-state index is -0.0506. The van der Waals surface area contributed by atoms with Crippen LogP contribution in [0.5, 0.6) is 0 Å². The maximum absolute atomic E-state index is 12.8. The molecule has 3 aliphatic rings. The van der Waals surface area contributed by atoms with Crippen molar-refractivity contribution in [2.75, 3.05) is 6.54 Å². The van der Waals surface area contributed by atoms with E-state index in [9.17, 15) is 10.1 Å². The SMILES string of the molecule is Cn1cc(C(=O)NCC23CCC(CC2)CC3)c2c(C#N)cccc21. The van der Waals surface area contributed by atoms with E-state index in [4.69, 9.17) is 0 Å². The minimum Gasteiger partial charge on any atom is -0.351 e. The second kappa shape index (κ2) is 5.66. The van der Waals surface area contributed by atoms with Crippen LogP contribution in [0.1, 0.15) is 54.4 Å². The highest BCUT2D eigenvalue weighted by molar-refractivity contribution is 6.08. The Morgan fingerprint density at radius 1 is 1.33 bits per heavy atom. The average Bonchev–Trinajstić information content (AvgIpc) is 2.98. The fraction of sp³-hybridized carbons (Fsp3) is 0.500. The molecule has 3 fully saturated rings. The fourth-order valence-electron chi connectivity index (χ4n) is 4.68. The summed E-state index contributed by atoms with van der Waals surface area (Å²) in [7, 11) is 1.92. The zero-order valence-corrected chi connectivity index (χ0v) is 14.1. The molecular formula is C20H23N3O. The van der Waals surface area contributed by atoms with Crippen molar-refractivity contribution >= 4 is 16.8 Å². The zero-order valence-electron chi connectivity index (χ0n) is 14.1. The van der Waals surface area contributed by atoms with E-state index in [1.165, 1.54) is 38.5 Å². The summed E-state index contributed by atoms with van der Waals surface area (Å²) in [6, 6.07) is 7.81. The van der Waals surface area contributed by atoms with Gasteiger partial charge in [-0.05, 0) is 62.0 Å². The molecule has 0 spiro atoms. The Kier molecular flexibility index (Phi) is 3.60. The molecule has 124 valence electrons. The zero-order chi connectivity index (χ0) is 16.7. The van der Waals surface area contributed by atoms with Crippen molar-refractivity contribution in [3.63, 3.8) is 0 Å². The molecule has 0 saturated heterocycles. The Bertz CT molecular complexity index is 821. The fourth-order valence-corrected chi connectivity index (χ4v) is 4.68. The molecule has 1 N–H and O–H groups in total. The molecule has 1 aromatic carbocycles. The summed E-state index contributed by atoms with van der Waals surface area (Å²) >= 11 is 0. The van der Waals surface area contributed by atoms with Crippen molar-refractivity contribution < 1.29 is 4.79 Å². The van der Waals surface area contributed by atoms with Gasteiger partial charge in [0.25, 0.3) is 5.91 Å². The topological polar surface area (TPSA) is 57.8 Å². The van der Waals surface area contributed by atoms with Crippen LogP contribution in [0.3, 0.4) is 0 Å². The Hall–Kier alpha value is -2.28. The van der Waals surface area contributed by atoms with Gasteiger partial charge in [0, 0.05) is 30.7 Å². The maximum Gasteiger partial charge on any atom is 0.253 e. The predicted octanol–water partition coefficient (Wildman–Crippen LogP) is 3.75. The van der Waals surface area contributed by atoms with Crippen LogP contribution in [0.4, 0.5) is 0 Å². The van der Waals surface area contributed by atoms with E-state index < -0.39 is 0 Å². The van der Waals surface area contributed by atoms with Crippen molar-refractivity contribution in [3.8, 4) is 6.07 Å². The quantitative estimate of drug-likeness (QED) is 0.936. The van der Waals surface area contributed by atoms with Crippen LogP contribution in [0.2, 0.25) is 0 Å².